The molecule has 0 amide bonds. The molecule has 0 bridgehead atoms. The molecule has 5 heteroatoms. The van der Waals surface area contributed by atoms with Gasteiger partial charge in [-0.25, -0.2) is 4.39 Å². The number of alkyl halides is 1. The molecule has 1 aromatic heterocycles. The molecule has 114 valence electrons. The van der Waals surface area contributed by atoms with Crippen LogP contribution < -0.4 is 4.74 Å². The van der Waals surface area contributed by atoms with Crippen LogP contribution in [0.5, 0.6) is 5.75 Å². The van der Waals surface area contributed by atoms with Crippen LogP contribution in [0.1, 0.15) is 10.4 Å². The van der Waals surface area contributed by atoms with Crippen LogP contribution in [0.15, 0.2) is 46.9 Å². The highest BCUT2D eigenvalue weighted by Crippen LogP contribution is 2.32. The first-order valence-electron chi connectivity index (χ1n) is 6.81. The van der Waals surface area contributed by atoms with E-state index in [1.807, 2.05) is 36.4 Å². The van der Waals surface area contributed by atoms with Crippen LogP contribution >= 0.6 is 38.9 Å². The Morgan fingerprint density at radius 2 is 2.00 bits per heavy atom. The number of ether oxygens (including phenoxy) is 1. The Bertz CT molecular complexity index is 802. The minimum Gasteiger partial charge on any atom is -0.491 e. The van der Waals surface area contributed by atoms with Gasteiger partial charge in [0, 0.05) is 25.5 Å². The van der Waals surface area contributed by atoms with Crippen molar-refractivity contribution in [2.75, 3.05) is 13.3 Å². The van der Waals surface area contributed by atoms with E-state index in [0.29, 0.717) is 5.75 Å². The molecule has 1 nitrogen and oxygen atoms in total. The summed E-state index contributed by atoms with van der Waals surface area (Å²) in [7, 11) is 0. The van der Waals surface area contributed by atoms with Crippen molar-refractivity contribution in [2.24, 2.45) is 0 Å². The SMILES string of the molecule is FCCOc1ccc2cc(Cc3cc(Br)ccc3Cl)sc2c1. The molecule has 0 saturated heterocycles. The zero-order valence-corrected chi connectivity index (χ0v) is 14.8. The first kappa shape index (κ1) is 15.8. The minimum absolute atomic E-state index is 0.0946. The van der Waals surface area contributed by atoms with E-state index in [-0.39, 0.29) is 6.61 Å². The number of thiophene rings is 1. The molecule has 22 heavy (non-hydrogen) atoms. The summed E-state index contributed by atoms with van der Waals surface area (Å²) < 4.78 is 19.7. The van der Waals surface area contributed by atoms with E-state index < -0.39 is 6.67 Å². The van der Waals surface area contributed by atoms with Crippen molar-refractivity contribution in [3.05, 3.63) is 62.4 Å². The van der Waals surface area contributed by atoms with Crippen molar-refractivity contribution < 1.29 is 9.13 Å². The Morgan fingerprint density at radius 3 is 2.82 bits per heavy atom. The molecule has 2 aromatic carbocycles. The quantitative estimate of drug-likeness (QED) is 0.492. The molecule has 0 aliphatic rings. The highest BCUT2D eigenvalue weighted by Gasteiger charge is 2.07. The number of rotatable bonds is 5. The highest BCUT2D eigenvalue weighted by molar-refractivity contribution is 9.10. The molecule has 3 aromatic rings. The Morgan fingerprint density at radius 1 is 1.14 bits per heavy atom. The van der Waals surface area contributed by atoms with Gasteiger partial charge < -0.3 is 4.74 Å². The Hall–Kier alpha value is -1.10. The van der Waals surface area contributed by atoms with Crippen LogP contribution in [-0.2, 0) is 6.42 Å². The Kier molecular flexibility index (Phi) is 5.01. The zero-order valence-electron chi connectivity index (χ0n) is 11.6. The summed E-state index contributed by atoms with van der Waals surface area (Å²) in [6.07, 6.45) is 0.790. The number of halogens is 3. The predicted molar refractivity (Wildman–Crippen MR) is 95.3 cm³/mol. The maximum Gasteiger partial charge on any atom is 0.123 e. The van der Waals surface area contributed by atoms with Gasteiger partial charge in [-0.3, -0.25) is 0 Å². The van der Waals surface area contributed by atoms with E-state index >= 15 is 0 Å². The number of fused-ring (bicyclic) bond motifs is 1. The van der Waals surface area contributed by atoms with Crippen LogP contribution in [0, 0.1) is 0 Å². The van der Waals surface area contributed by atoms with Gasteiger partial charge in [0.05, 0.1) is 0 Å². The first-order valence-corrected chi connectivity index (χ1v) is 8.79. The van der Waals surface area contributed by atoms with Gasteiger partial charge in [-0.05, 0) is 53.4 Å². The molecule has 3 rings (SSSR count). The molecule has 0 saturated carbocycles. The summed E-state index contributed by atoms with van der Waals surface area (Å²) in [5, 5.41) is 1.94. The third kappa shape index (κ3) is 3.62. The summed E-state index contributed by atoms with van der Waals surface area (Å²) in [5.41, 5.74) is 1.09. The number of hydrogen-bond acceptors (Lipinski definition) is 2. The van der Waals surface area contributed by atoms with Gasteiger partial charge in [0.2, 0.25) is 0 Å². The van der Waals surface area contributed by atoms with E-state index in [1.54, 1.807) is 11.3 Å². The number of benzene rings is 2. The van der Waals surface area contributed by atoms with Gasteiger partial charge in [0.15, 0.2) is 0 Å². The molecule has 0 unspecified atom stereocenters. The van der Waals surface area contributed by atoms with Gasteiger partial charge >= 0.3 is 0 Å². The second kappa shape index (κ2) is 6.99. The van der Waals surface area contributed by atoms with E-state index in [2.05, 4.69) is 22.0 Å². The van der Waals surface area contributed by atoms with Crippen molar-refractivity contribution in [1.82, 2.24) is 0 Å². The maximum atomic E-state index is 12.2. The Balaban J connectivity index is 1.86. The normalized spacial score (nSPS) is 11.0. The highest BCUT2D eigenvalue weighted by atomic mass is 79.9. The predicted octanol–water partition coefficient (Wildman–Crippen LogP) is 6.26. The largest absolute Gasteiger partial charge is 0.491 e. The molecular formula is C17H13BrClFOS. The van der Waals surface area contributed by atoms with E-state index in [1.165, 1.54) is 10.3 Å². The summed E-state index contributed by atoms with van der Waals surface area (Å²) in [6.45, 7) is -0.382. The van der Waals surface area contributed by atoms with Crippen molar-refractivity contribution in [2.45, 2.75) is 6.42 Å². The van der Waals surface area contributed by atoms with Crippen LogP contribution in [0.4, 0.5) is 4.39 Å². The zero-order chi connectivity index (χ0) is 15.5. The van der Waals surface area contributed by atoms with Crippen molar-refractivity contribution >= 4 is 49.0 Å². The lowest BCUT2D eigenvalue weighted by atomic mass is 10.1. The van der Waals surface area contributed by atoms with Crippen LogP contribution in [-0.4, -0.2) is 13.3 Å². The van der Waals surface area contributed by atoms with Crippen LogP contribution in [0.3, 0.4) is 0 Å². The smallest absolute Gasteiger partial charge is 0.123 e. The molecule has 0 radical (unpaired) electrons. The molecule has 0 fully saturated rings. The summed E-state index contributed by atoms with van der Waals surface area (Å²) in [5.74, 6) is 0.707. The fourth-order valence-corrected chi connectivity index (χ4v) is 3.98. The molecule has 0 atom stereocenters. The molecule has 0 spiro atoms. The summed E-state index contributed by atoms with van der Waals surface area (Å²) >= 11 is 11.4. The molecular weight excluding hydrogens is 387 g/mol. The average molecular weight is 400 g/mol. The molecule has 1 heterocycles. The molecule has 0 aliphatic heterocycles. The second-order valence-corrected chi connectivity index (χ2v) is 7.35. The average Bonchev–Trinajstić information content (AvgIpc) is 2.90. The Labute approximate surface area is 145 Å². The van der Waals surface area contributed by atoms with Crippen molar-refractivity contribution in [3.8, 4) is 5.75 Å². The summed E-state index contributed by atoms with van der Waals surface area (Å²) in [6, 6.07) is 13.9. The fourth-order valence-electron chi connectivity index (χ4n) is 2.27. The molecule has 0 aliphatic carbocycles. The third-order valence-electron chi connectivity index (χ3n) is 3.26. The third-order valence-corrected chi connectivity index (χ3v) is 5.22. The fraction of sp³-hybridized carbons (Fsp3) is 0.176. The summed E-state index contributed by atoms with van der Waals surface area (Å²) in [4.78, 5) is 1.23. The lowest BCUT2D eigenvalue weighted by Gasteiger charge is -2.03. The maximum absolute atomic E-state index is 12.2. The monoisotopic (exact) mass is 398 g/mol. The first-order chi connectivity index (χ1) is 10.7. The van der Waals surface area contributed by atoms with Crippen molar-refractivity contribution in [3.63, 3.8) is 0 Å². The minimum atomic E-state index is -0.477. The van der Waals surface area contributed by atoms with Gasteiger partial charge in [-0.15, -0.1) is 11.3 Å². The van der Waals surface area contributed by atoms with Gasteiger partial charge in [-0.1, -0.05) is 27.5 Å². The number of hydrogen-bond donors (Lipinski definition) is 0. The topological polar surface area (TPSA) is 9.23 Å². The van der Waals surface area contributed by atoms with Gasteiger partial charge in [0.25, 0.3) is 0 Å². The van der Waals surface area contributed by atoms with Crippen molar-refractivity contribution in [1.29, 1.82) is 0 Å². The lowest BCUT2D eigenvalue weighted by molar-refractivity contribution is 0.273. The van der Waals surface area contributed by atoms with E-state index in [0.717, 1.165) is 26.2 Å². The second-order valence-electron chi connectivity index (χ2n) is 4.86. The van der Waals surface area contributed by atoms with E-state index in [9.17, 15) is 4.39 Å². The lowest BCUT2D eigenvalue weighted by Crippen LogP contribution is -1.97. The van der Waals surface area contributed by atoms with E-state index in [4.69, 9.17) is 16.3 Å². The van der Waals surface area contributed by atoms with Crippen LogP contribution in [0.25, 0.3) is 10.1 Å². The molecule has 0 N–H and O–H groups in total. The van der Waals surface area contributed by atoms with Crippen LogP contribution in [0.2, 0.25) is 5.02 Å². The standard InChI is InChI=1S/C17H13BrClFOS/c18-13-2-4-16(19)12(7-13)9-15-8-11-1-3-14(21-6-5-20)10-17(11)22-15/h1-4,7-8,10H,5-6,9H2. The van der Waals surface area contributed by atoms with Gasteiger partial charge in [-0.2, -0.15) is 0 Å². The van der Waals surface area contributed by atoms with Gasteiger partial charge in [0.1, 0.15) is 19.0 Å².